The Hall–Kier alpha value is -2.44. The average Bonchev–Trinajstić information content (AvgIpc) is 3.06. The lowest BCUT2D eigenvalue weighted by Gasteiger charge is -2.41. The van der Waals surface area contributed by atoms with Crippen LogP contribution in [0.1, 0.15) is 28.8 Å². The van der Waals surface area contributed by atoms with E-state index in [9.17, 15) is 10.2 Å². The fraction of sp³-hybridized carbons (Fsp3) is 0.368. The van der Waals surface area contributed by atoms with Gasteiger partial charge in [-0.2, -0.15) is 0 Å². The molecule has 0 fully saturated rings. The number of ether oxygens (including phenoxy) is 3. The van der Waals surface area contributed by atoms with E-state index in [1.54, 1.807) is 13.2 Å². The van der Waals surface area contributed by atoms with Gasteiger partial charge in [-0.05, 0) is 53.9 Å². The standard InChI is InChI=1S/C19H19NO5/c1-20-7-14(22)11-6-16-19(25-8-24-16)18-10-5-13(21)15(23-2)4-9(10)3-12(20)17(11)18/h4-6,12,14,21-22H,3,7-8H2,1-2H3/t12-,14+/m0/s1. The van der Waals surface area contributed by atoms with Crippen LogP contribution in [0, 0.1) is 0 Å². The van der Waals surface area contributed by atoms with Crippen molar-refractivity contribution in [3.05, 3.63) is 34.9 Å². The van der Waals surface area contributed by atoms with Crippen LogP contribution < -0.4 is 14.2 Å². The molecule has 3 aliphatic rings. The van der Waals surface area contributed by atoms with Gasteiger partial charge in [-0.15, -0.1) is 0 Å². The number of fused-ring (bicyclic) bond motifs is 4. The van der Waals surface area contributed by atoms with Gasteiger partial charge in [-0.3, -0.25) is 4.90 Å². The highest BCUT2D eigenvalue weighted by Crippen LogP contribution is 2.56. The summed E-state index contributed by atoms with van der Waals surface area (Å²) in [5, 5.41) is 20.9. The molecule has 1 aliphatic carbocycles. The van der Waals surface area contributed by atoms with Crippen molar-refractivity contribution in [3.8, 4) is 34.1 Å². The predicted molar refractivity (Wildman–Crippen MR) is 90.3 cm³/mol. The minimum atomic E-state index is -0.571. The van der Waals surface area contributed by atoms with Crippen LogP contribution in [0.4, 0.5) is 0 Å². The quantitative estimate of drug-likeness (QED) is 0.830. The Kier molecular flexibility index (Phi) is 2.99. The van der Waals surface area contributed by atoms with Crippen molar-refractivity contribution in [1.29, 1.82) is 0 Å². The van der Waals surface area contributed by atoms with E-state index in [2.05, 4.69) is 4.90 Å². The number of aliphatic hydroxyl groups is 1. The Bertz CT molecular complexity index is 894. The van der Waals surface area contributed by atoms with E-state index in [-0.39, 0.29) is 18.6 Å². The molecule has 25 heavy (non-hydrogen) atoms. The van der Waals surface area contributed by atoms with Crippen LogP contribution in [-0.2, 0) is 6.42 Å². The number of rotatable bonds is 1. The second-order valence-corrected chi connectivity index (χ2v) is 6.84. The maximum Gasteiger partial charge on any atom is 0.231 e. The fourth-order valence-electron chi connectivity index (χ4n) is 4.34. The molecule has 0 saturated carbocycles. The van der Waals surface area contributed by atoms with Gasteiger partial charge in [0.15, 0.2) is 23.0 Å². The number of aromatic hydroxyl groups is 1. The summed E-state index contributed by atoms with van der Waals surface area (Å²) in [7, 11) is 3.57. The van der Waals surface area contributed by atoms with Crippen molar-refractivity contribution in [2.75, 3.05) is 27.5 Å². The SMILES string of the molecule is COc1cc2c(cc1O)-c1c3c(cc4c1[C@H](C2)N(C)C[C@H]4O)OCO3. The summed E-state index contributed by atoms with van der Waals surface area (Å²) >= 11 is 0. The molecule has 2 heterocycles. The first-order chi connectivity index (χ1) is 12.1. The third-order valence-corrected chi connectivity index (χ3v) is 5.51. The molecule has 2 N–H and O–H groups in total. The van der Waals surface area contributed by atoms with Gasteiger partial charge in [0.1, 0.15) is 0 Å². The third-order valence-electron chi connectivity index (χ3n) is 5.51. The van der Waals surface area contributed by atoms with Crippen molar-refractivity contribution in [2.45, 2.75) is 18.6 Å². The summed E-state index contributed by atoms with van der Waals surface area (Å²) in [4.78, 5) is 2.17. The molecule has 2 atom stereocenters. The van der Waals surface area contributed by atoms with E-state index >= 15 is 0 Å². The van der Waals surface area contributed by atoms with Crippen molar-refractivity contribution >= 4 is 0 Å². The molecule has 0 spiro atoms. The maximum absolute atomic E-state index is 10.6. The zero-order chi connectivity index (χ0) is 17.3. The molecule has 130 valence electrons. The third kappa shape index (κ3) is 1.92. The second kappa shape index (κ2) is 5.03. The average molecular weight is 341 g/mol. The normalized spacial score (nSPS) is 23.2. The van der Waals surface area contributed by atoms with Gasteiger partial charge in [0, 0.05) is 18.2 Å². The Labute approximate surface area is 145 Å². The highest BCUT2D eigenvalue weighted by atomic mass is 16.7. The molecule has 5 rings (SSSR count). The number of phenolic OH excluding ortho intramolecular Hbond substituents is 1. The van der Waals surface area contributed by atoms with E-state index in [1.165, 1.54) is 0 Å². The number of aliphatic hydroxyl groups excluding tert-OH is 1. The van der Waals surface area contributed by atoms with Crippen molar-refractivity contribution in [1.82, 2.24) is 4.90 Å². The fourth-order valence-corrected chi connectivity index (χ4v) is 4.34. The Morgan fingerprint density at radius 3 is 2.88 bits per heavy atom. The zero-order valence-corrected chi connectivity index (χ0v) is 14.1. The number of likely N-dealkylation sites (N-methyl/N-ethyl adjacent to an activating group) is 1. The first-order valence-corrected chi connectivity index (χ1v) is 8.33. The van der Waals surface area contributed by atoms with Gasteiger partial charge in [0.05, 0.1) is 13.2 Å². The number of hydrogen-bond acceptors (Lipinski definition) is 6. The van der Waals surface area contributed by atoms with Crippen LogP contribution in [0.25, 0.3) is 11.1 Å². The van der Waals surface area contributed by atoms with E-state index < -0.39 is 6.10 Å². The van der Waals surface area contributed by atoms with Crippen LogP contribution in [0.5, 0.6) is 23.0 Å². The highest BCUT2D eigenvalue weighted by molar-refractivity contribution is 5.85. The first-order valence-electron chi connectivity index (χ1n) is 8.33. The van der Waals surface area contributed by atoms with Gasteiger partial charge < -0.3 is 24.4 Å². The van der Waals surface area contributed by atoms with Gasteiger partial charge >= 0.3 is 0 Å². The monoisotopic (exact) mass is 341 g/mol. The van der Waals surface area contributed by atoms with Gasteiger partial charge in [-0.25, -0.2) is 0 Å². The van der Waals surface area contributed by atoms with Gasteiger partial charge in [0.2, 0.25) is 6.79 Å². The summed E-state index contributed by atoms with van der Waals surface area (Å²) in [6.45, 7) is 0.737. The highest BCUT2D eigenvalue weighted by Gasteiger charge is 2.40. The molecule has 0 unspecified atom stereocenters. The van der Waals surface area contributed by atoms with E-state index in [4.69, 9.17) is 14.2 Å². The molecule has 0 bridgehead atoms. The molecule has 2 aromatic rings. The van der Waals surface area contributed by atoms with Crippen LogP contribution in [0.15, 0.2) is 18.2 Å². The molecule has 2 aliphatic heterocycles. The predicted octanol–water partition coefficient (Wildman–Crippen LogP) is 2.37. The molecule has 0 aromatic heterocycles. The molecular formula is C19H19NO5. The first kappa shape index (κ1) is 14.9. The molecule has 0 amide bonds. The number of β-amino-alcohol motifs (C(OH)–C–C–N with tert-alkyl or cyclic N) is 1. The number of benzene rings is 2. The lowest BCUT2D eigenvalue weighted by molar-refractivity contribution is 0.0831. The molecule has 6 nitrogen and oxygen atoms in total. The Morgan fingerprint density at radius 1 is 1.24 bits per heavy atom. The molecule has 2 aromatic carbocycles. The summed E-state index contributed by atoms with van der Waals surface area (Å²) in [5.74, 6) is 1.90. The van der Waals surface area contributed by atoms with Crippen molar-refractivity contribution in [2.24, 2.45) is 0 Å². The minimum Gasteiger partial charge on any atom is -0.504 e. The smallest absolute Gasteiger partial charge is 0.231 e. The molecule has 0 saturated heterocycles. The van der Waals surface area contributed by atoms with Crippen LogP contribution in [0.2, 0.25) is 0 Å². The van der Waals surface area contributed by atoms with Crippen molar-refractivity contribution < 1.29 is 24.4 Å². The summed E-state index contributed by atoms with van der Waals surface area (Å²) in [6.07, 6.45) is 0.215. The molecular weight excluding hydrogens is 322 g/mol. The summed E-state index contributed by atoms with van der Waals surface area (Å²) in [5.41, 5.74) is 4.88. The van der Waals surface area contributed by atoms with Crippen LogP contribution in [0.3, 0.4) is 0 Å². The topological polar surface area (TPSA) is 71.4 Å². The van der Waals surface area contributed by atoms with Gasteiger partial charge in [-0.1, -0.05) is 0 Å². The van der Waals surface area contributed by atoms with Crippen molar-refractivity contribution in [3.63, 3.8) is 0 Å². The van der Waals surface area contributed by atoms with E-state index in [1.807, 2.05) is 19.2 Å². The van der Waals surface area contributed by atoms with E-state index in [0.29, 0.717) is 23.8 Å². The van der Waals surface area contributed by atoms with Crippen LogP contribution >= 0.6 is 0 Å². The van der Waals surface area contributed by atoms with E-state index in [0.717, 1.165) is 34.2 Å². The zero-order valence-electron chi connectivity index (χ0n) is 14.1. The molecule has 6 heteroatoms. The lowest BCUT2D eigenvalue weighted by Crippen LogP contribution is -2.38. The van der Waals surface area contributed by atoms with Crippen LogP contribution in [-0.4, -0.2) is 42.6 Å². The summed E-state index contributed by atoms with van der Waals surface area (Å²) in [6, 6.07) is 5.66. The maximum atomic E-state index is 10.6. The van der Waals surface area contributed by atoms with Gasteiger partial charge in [0.25, 0.3) is 0 Å². The number of phenols is 1. The second-order valence-electron chi connectivity index (χ2n) is 6.84. The minimum absolute atomic E-state index is 0.0923. The number of hydrogen-bond donors (Lipinski definition) is 2. The molecule has 0 radical (unpaired) electrons. The summed E-state index contributed by atoms with van der Waals surface area (Å²) < 4.78 is 16.6. The lowest BCUT2D eigenvalue weighted by atomic mass is 9.76. The number of methoxy groups -OCH3 is 1. The Morgan fingerprint density at radius 2 is 2.08 bits per heavy atom. The largest absolute Gasteiger partial charge is 0.504 e. The number of nitrogens with zero attached hydrogens (tertiary/aromatic N) is 1. The Balaban J connectivity index is 1.86.